The standard InChI is InChI=1S/C18H19N5O6S/c1-4-27-12-7-6-11(9-19)8-13(12)29-17-15(23(25)26)16(21-18(22-17)30-3)20-10-14(24)28-5-2/h6-8H,4-5,10H2,1-3H3,(H,20,21,22). The smallest absolute Gasteiger partial charge is 0.373 e. The van der Waals surface area contributed by atoms with Gasteiger partial charge in [0.05, 0.1) is 29.8 Å². The Kier molecular flexibility index (Phi) is 8.18. The lowest BCUT2D eigenvalue weighted by Gasteiger charge is -2.13. The number of nitrogens with zero attached hydrogens (tertiary/aromatic N) is 4. The maximum Gasteiger partial charge on any atom is 0.373 e. The summed E-state index contributed by atoms with van der Waals surface area (Å²) in [4.78, 5) is 30.8. The molecule has 0 aliphatic carbocycles. The number of hydrogen-bond donors (Lipinski definition) is 1. The number of nitro groups is 1. The van der Waals surface area contributed by atoms with Crippen LogP contribution < -0.4 is 14.8 Å². The summed E-state index contributed by atoms with van der Waals surface area (Å²) in [5.41, 5.74) is -0.294. The fourth-order valence-corrected chi connectivity index (χ4v) is 2.63. The van der Waals surface area contributed by atoms with Crippen LogP contribution in [0.2, 0.25) is 0 Å². The summed E-state index contributed by atoms with van der Waals surface area (Å²) in [6.45, 7) is 3.57. The van der Waals surface area contributed by atoms with Gasteiger partial charge in [0.2, 0.25) is 5.82 Å². The number of anilines is 1. The lowest BCUT2D eigenvalue weighted by atomic mass is 10.2. The van der Waals surface area contributed by atoms with Crippen molar-refractivity contribution in [2.24, 2.45) is 0 Å². The number of ether oxygens (including phenoxy) is 3. The van der Waals surface area contributed by atoms with Gasteiger partial charge in [-0.1, -0.05) is 11.8 Å². The van der Waals surface area contributed by atoms with Crippen LogP contribution in [0.5, 0.6) is 17.4 Å². The third-order valence-electron chi connectivity index (χ3n) is 3.48. The minimum atomic E-state index is -0.721. The van der Waals surface area contributed by atoms with E-state index in [0.29, 0.717) is 6.61 Å². The third kappa shape index (κ3) is 5.71. The average Bonchev–Trinajstić information content (AvgIpc) is 2.73. The molecule has 158 valence electrons. The van der Waals surface area contributed by atoms with E-state index in [1.807, 2.05) is 6.07 Å². The van der Waals surface area contributed by atoms with Crippen molar-refractivity contribution >= 4 is 29.2 Å². The summed E-state index contributed by atoms with van der Waals surface area (Å²) in [5, 5.41) is 23.7. The van der Waals surface area contributed by atoms with Crippen LogP contribution >= 0.6 is 11.8 Å². The van der Waals surface area contributed by atoms with Gasteiger partial charge in [0, 0.05) is 6.07 Å². The van der Waals surface area contributed by atoms with E-state index < -0.39 is 16.6 Å². The molecule has 2 rings (SSSR count). The van der Waals surface area contributed by atoms with Gasteiger partial charge in [0.15, 0.2) is 16.7 Å². The molecule has 0 fully saturated rings. The van der Waals surface area contributed by atoms with Crippen LogP contribution in [-0.4, -0.2) is 46.9 Å². The molecule has 12 heteroatoms. The number of thioether (sulfide) groups is 1. The van der Waals surface area contributed by atoms with Crippen LogP contribution in [0.3, 0.4) is 0 Å². The molecule has 2 aromatic rings. The molecule has 0 aliphatic heterocycles. The second-order valence-electron chi connectivity index (χ2n) is 5.44. The van der Waals surface area contributed by atoms with E-state index in [0.717, 1.165) is 11.8 Å². The zero-order valence-corrected chi connectivity index (χ0v) is 17.3. The van der Waals surface area contributed by atoms with Gasteiger partial charge in [0.1, 0.15) is 6.54 Å². The molecule has 0 unspecified atom stereocenters. The number of carbonyl (C=O) groups excluding carboxylic acids is 1. The summed E-state index contributed by atoms with van der Waals surface area (Å²) >= 11 is 1.13. The Morgan fingerprint density at radius 3 is 2.67 bits per heavy atom. The summed E-state index contributed by atoms with van der Waals surface area (Å²) in [5.74, 6) is -0.783. The summed E-state index contributed by atoms with van der Waals surface area (Å²) in [6.07, 6.45) is 1.68. The van der Waals surface area contributed by atoms with Crippen LogP contribution in [-0.2, 0) is 9.53 Å². The summed E-state index contributed by atoms with van der Waals surface area (Å²) < 4.78 is 16.0. The van der Waals surface area contributed by atoms with Gasteiger partial charge in [-0.05, 0) is 32.2 Å². The van der Waals surface area contributed by atoms with E-state index in [4.69, 9.17) is 19.5 Å². The lowest BCUT2D eigenvalue weighted by Crippen LogP contribution is -2.18. The molecular weight excluding hydrogens is 414 g/mol. The normalized spacial score (nSPS) is 10.1. The molecule has 0 aliphatic rings. The quantitative estimate of drug-likeness (QED) is 0.193. The lowest BCUT2D eigenvalue weighted by molar-refractivity contribution is -0.385. The zero-order valence-electron chi connectivity index (χ0n) is 16.5. The third-order valence-corrected chi connectivity index (χ3v) is 4.03. The number of aromatic nitrogens is 2. The number of nitrogens with one attached hydrogen (secondary N) is 1. The second kappa shape index (κ2) is 10.8. The largest absolute Gasteiger partial charge is 0.490 e. The predicted molar refractivity (Wildman–Crippen MR) is 108 cm³/mol. The number of benzene rings is 1. The van der Waals surface area contributed by atoms with Crippen molar-refractivity contribution in [1.29, 1.82) is 5.26 Å². The monoisotopic (exact) mass is 433 g/mol. The van der Waals surface area contributed by atoms with E-state index in [9.17, 15) is 14.9 Å². The zero-order chi connectivity index (χ0) is 22.1. The highest BCUT2D eigenvalue weighted by Crippen LogP contribution is 2.39. The first kappa shape index (κ1) is 22.7. The Morgan fingerprint density at radius 2 is 2.07 bits per heavy atom. The van der Waals surface area contributed by atoms with Gasteiger partial charge in [-0.15, -0.1) is 0 Å². The highest BCUT2D eigenvalue weighted by Gasteiger charge is 2.28. The number of rotatable bonds is 10. The molecule has 1 aromatic carbocycles. The Balaban J connectivity index is 2.51. The Bertz CT molecular complexity index is 978. The molecule has 1 heterocycles. The molecule has 0 saturated heterocycles. The fraction of sp³-hybridized carbons (Fsp3) is 0.333. The van der Waals surface area contributed by atoms with Gasteiger partial charge >= 0.3 is 17.5 Å². The summed E-state index contributed by atoms with van der Waals surface area (Å²) in [6, 6.07) is 6.42. The molecule has 0 atom stereocenters. The van der Waals surface area contributed by atoms with Crippen molar-refractivity contribution < 1.29 is 23.9 Å². The number of hydrogen-bond acceptors (Lipinski definition) is 11. The van der Waals surface area contributed by atoms with Gasteiger partial charge in [0.25, 0.3) is 0 Å². The minimum Gasteiger partial charge on any atom is -0.490 e. The molecular formula is C18H19N5O6S. The topological polar surface area (TPSA) is 150 Å². The van der Waals surface area contributed by atoms with Crippen molar-refractivity contribution in [1.82, 2.24) is 9.97 Å². The number of esters is 1. The van der Waals surface area contributed by atoms with E-state index in [2.05, 4.69) is 15.3 Å². The van der Waals surface area contributed by atoms with Crippen molar-refractivity contribution in [2.45, 2.75) is 19.0 Å². The van der Waals surface area contributed by atoms with Crippen LogP contribution in [0.15, 0.2) is 23.4 Å². The first-order valence-electron chi connectivity index (χ1n) is 8.78. The van der Waals surface area contributed by atoms with Crippen LogP contribution in [0.1, 0.15) is 19.4 Å². The number of nitriles is 1. The highest BCUT2D eigenvalue weighted by atomic mass is 32.2. The van der Waals surface area contributed by atoms with Crippen molar-refractivity contribution in [3.8, 4) is 23.4 Å². The molecule has 0 saturated carbocycles. The average molecular weight is 433 g/mol. The second-order valence-corrected chi connectivity index (χ2v) is 6.21. The molecule has 11 nitrogen and oxygen atoms in total. The van der Waals surface area contributed by atoms with E-state index in [1.54, 1.807) is 20.1 Å². The van der Waals surface area contributed by atoms with E-state index >= 15 is 0 Å². The van der Waals surface area contributed by atoms with E-state index in [1.165, 1.54) is 18.2 Å². The van der Waals surface area contributed by atoms with Crippen molar-refractivity contribution in [3.63, 3.8) is 0 Å². The maximum atomic E-state index is 11.7. The van der Waals surface area contributed by atoms with Gasteiger partial charge in [-0.3, -0.25) is 14.9 Å². The molecule has 0 radical (unpaired) electrons. The van der Waals surface area contributed by atoms with Gasteiger partial charge < -0.3 is 19.5 Å². The van der Waals surface area contributed by atoms with Gasteiger partial charge in [-0.2, -0.15) is 15.2 Å². The molecule has 1 aromatic heterocycles. The SMILES string of the molecule is CCOC(=O)CNc1nc(SC)nc(Oc2cc(C#N)ccc2OCC)c1[N+](=O)[O-]. The van der Waals surface area contributed by atoms with E-state index in [-0.39, 0.29) is 47.1 Å². The molecule has 0 amide bonds. The van der Waals surface area contributed by atoms with Crippen molar-refractivity contribution in [3.05, 3.63) is 33.9 Å². The number of carbonyl (C=O) groups is 1. The molecule has 0 spiro atoms. The van der Waals surface area contributed by atoms with Crippen LogP contribution in [0.4, 0.5) is 11.5 Å². The van der Waals surface area contributed by atoms with Crippen LogP contribution in [0.25, 0.3) is 0 Å². The molecule has 1 N–H and O–H groups in total. The Morgan fingerprint density at radius 1 is 1.30 bits per heavy atom. The van der Waals surface area contributed by atoms with Crippen molar-refractivity contribution in [2.75, 3.05) is 31.3 Å². The van der Waals surface area contributed by atoms with Gasteiger partial charge in [-0.25, -0.2) is 0 Å². The predicted octanol–water partition coefficient (Wildman–Crippen LogP) is 3.14. The molecule has 0 bridgehead atoms. The highest BCUT2D eigenvalue weighted by molar-refractivity contribution is 7.98. The van der Waals surface area contributed by atoms with Crippen LogP contribution in [0, 0.1) is 21.4 Å². The Labute approximate surface area is 176 Å². The minimum absolute atomic E-state index is 0.0843. The fourth-order valence-electron chi connectivity index (χ4n) is 2.27. The summed E-state index contributed by atoms with van der Waals surface area (Å²) in [7, 11) is 0. The first-order chi connectivity index (χ1) is 14.4. The first-order valence-corrected chi connectivity index (χ1v) is 10.0. The maximum absolute atomic E-state index is 11.7. The molecule has 30 heavy (non-hydrogen) atoms. The Hall–Kier alpha value is -3.59.